The van der Waals surface area contributed by atoms with Crippen LogP contribution in [0, 0.1) is 0 Å². The third-order valence-corrected chi connectivity index (χ3v) is 5.64. The zero-order valence-corrected chi connectivity index (χ0v) is 14.6. The number of carbonyl (C=O) groups is 1. The van der Waals surface area contributed by atoms with Gasteiger partial charge in [0.1, 0.15) is 0 Å². The molecule has 2 rings (SSSR count). The van der Waals surface area contributed by atoms with Crippen LogP contribution in [0.3, 0.4) is 0 Å². The van der Waals surface area contributed by atoms with Crippen molar-refractivity contribution < 1.29 is 13.7 Å². The number of carbonyl (C=O) groups excluding carboxylic acids is 1. The quantitative estimate of drug-likeness (QED) is 0.848. The number of benzene rings is 1. The van der Waals surface area contributed by atoms with Gasteiger partial charge in [0, 0.05) is 0 Å². The third-order valence-electron chi connectivity index (χ3n) is 3.95. The lowest BCUT2D eigenvalue weighted by atomic mass is 9.89. The largest absolute Gasteiger partial charge is 0.466 e. The average molecular weight is 323 g/mol. The lowest BCUT2D eigenvalue weighted by Gasteiger charge is -2.33. The van der Waals surface area contributed by atoms with Crippen molar-refractivity contribution in [2.24, 2.45) is 0 Å². The first-order chi connectivity index (χ1) is 10.3. The Balaban J connectivity index is 2.35. The summed E-state index contributed by atoms with van der Waals surface area (Å²) in [6.07, 6.45) is 1.84. The van der Waals surface area contributed by atoms with Crippen molar-refractivity contribution in [2.75, 3.05) is 6.61 Å². The minimum absolute atomic E-state index is 0.208. The molecule has 1 aliphatic carbocycles. The van der Waals surface area contributed by atoms with Crippen molar-refractivity contribution in [3.63, 3.8) is 0 Å². The van der Waals surface area contributed by atoms with Crippen molar-refractivity contribution in [3.8, 4) is 0 Å². The van der Waals surface area contributed by atoms with Crippen LogP contribution in [0.15, 0.2) is 24.3 Å². The molecule has 4 nitrogen and oxygen atoms in total. The molecule has 0 radical (unpaired) electrons. The topological polar surface area (TPSA) is 55.4 Å². The summed E-state index contributed by atoms with van der Waals surface area (Å²) in [6.45, 7) is 7.94. The van der Waals surface area contributed by atoms with Crippen molar-refractivity contribution in [3.05, 3.63) is 35.4 Å². The van der Waals surface area contributed by atoms with Gasteiger partial charge in [-0.2, -0.15) is 0 Å². The maximum atomic E-state index is 12.6. The Morgan fingerprint density at radius 1 is 1.36 bits per heavy atom. The van der Waals surface area contributed by atoms with Crippen molar-refractivity contribution in [1.29, 1.82) is 0 Å². The molecule has 1 aromatic rings. The number of nitrogens with one attached hydrogen (secondary N) is 1. The van der Waals surface area contributed by atoms with Gasteiger partial charge in [0.25, 0.3) is 0 Å². The summed E-state index contributed by atoms with van der Waals surface area (Å²) in [5.41, 5.74) is 1.69. The highest BCUT2D eigenvalue weighted by Gasteiger charge is 2.43. The summed E-state index contributed by atoms with van der Waals surface area (Å²) in [5.74, 6) is -0.252. The number of rotatable bonds is 5. The van der Waals surface area contributed by atoms with Crippen LogP contribution in [-0.4, -0.2) is 21.5 Å². The maximum absolute atomic E-state index is 12.6. The number of aryl methyl sites for hydroxylation is 1. The van der Waals surface area contributed by atoms with Crippen LogP contribution in [0.5, 0.6) is 0 Å². The van der Waals surface area contributed by atoms with E-state index in [4.69, 9.17) is 4.74 Å². The van der Waals surface area contributed by atoms with Crippen LogP contribution in [-0.2, 0) is 32.5 Å². The Morgan fingerprint density at radius 2 is 2.05 bits per heavy atom. The summed E-state index contributed by atoms with van der Waals surface area (Å²) < 4.78 is 20.6. The minimum Gasteiger partial charge on any atom is -0.466 e. The minimum atomic E-state index is -1.25. The predicted molar refractivity (Wildman–Crippen MR) is 88.7 cm³/mol. The smallest absolute Gasteiger partial charge is 0.308 e. The molecule has 1 N–H and O–H groups in total. The molecule has 0 saturated carbocycles. The van der Waals surface area contributed by atoms with Crippen molar-refractivity contribution in [2.45, 2.75) is 57.2 Å². The molecule has 0 bridgehead atoms. The first kappa shape index (κ1) is 17.2. The van der Waals surface area contributed by atoms with Gasteiger partial charge >= 0.3 is 5.97 Å². The second-order valence-electron chi connectivity index (χ2n) is 6.70. The van der Waals surface area contributed by atoms with E-state index in [2.05, 4.69) is 10.8 Å². The normalized spacial score (nSPS) is 22.2. The zero-order chi connectivity index (χ0) is 16.4. The van der Waals surface area contributed by atoms with Crippen LogP contribution in [0.1, 0.15) is 51.7 Å². The summed E-state index contributed by atoms with van der Waals surface area (Å²) in [5, 5.41) is 0. The van der Waals surface area contributed by atoms with Crippen molar-refractivity contribution in [1.82, 2.24) is 4.72 Å². The van der Waals surface area contributed by atoms with Crippen molar-refractivity contribution >= 4 is 17.0 Å². The van der Waals surface area contributed by atoms with Gasteiger partial charge in [0.15, 0.2) is 0 Å². The molecule has 0 spiro atoms. The van der Waals surface area contributed by atoms with Crippen LogP contribution in [0.2, 0.25) is 0 Å². The van der Waals surface area contributed by atoms with Gasteiger partial charge in [0.05, 0.1) is 34.3 Å². The first-order valence-corrected chi connectivity index (χ1v) is 8.87. The molecular weight excluding hydrogens is 298 g/mol. The van der Waals surface area contributed by atoms with Gasteiger partial charge in [-0.3, -0.25) is 4.79 Å². The fourth-order valence-corrected chi connectivity index (χ4v) is 3.75. The van der Waals surface area contributed by atoms with Gasteiger partial charge in [-0.25, -0.2) is 8.93 Å². The highest BCUT2D eigenvalue weighted by Crippen LogP contribution is 2.40. The standard InChI is InChI=1S/C17H25NO3S/c1-5-21-15(19)12-17(18-22(20)16(2,3)4)11-10-13-8-6-7-9-14(13)17/h6-9,18H,5,10-12H2,1-4H3. The molecule has 22 heavy (non-hydrogen) atoms. The van der Waals surface area contributed by atoms with E-state index >= 15 is 0 Å². The predicted octanol–water partition coefficient (Wildman–Crippen LogP) is 2.83. The van der Waals surface area contributed by atoms with E-state index in [0.29, 0.717) is 6.61 Å². The molecular formula is C17H25NO3S. The highest BCUT2D eigenvalue weighted by molar-refractivity contribution is 7.84. The molecule has 2 unspecified atom stereocenters. The number of fused-ring (bicyclic) bond motifs is 1. The lowest BCUT2D eigenvalue weighted by molar-refractivity contribution is -0.144. The number of hydrogen-bond donors (Lipinski definition) is 1. The van der Waals surface area contributed by atoms with Gasteiger partial charge in [-0.1, -0.05) is 24.3 Å². The summed E-state index contributed by atoms with van der Waals surface area (Å²) >= 11 is 0. The first-order valence-electron chi connectivity index (χ1n) is 7.72. The van der Waals surface area contributed by atoms with E-state index in [1.807, 2.05) is 39.0 Å². The molecule has 0 saturated heterocycles. The lowest BCUT2D eigenvalue weighted by Crippen LogP contribution is -2.48. The van der Waals surface area contributed by atoms with Gasteiger partial charge < -0.3 is 4.74 Å². The molecule has 0 fully saturated rings. The fraction of sp³-hybridized carbons (Fsp3) is 0.588. The second kappa shape index (κ2) is 6.50. The van der Waals surface area contributed by atoms with E-state index in [9.17, 15) is 9.00 Å². The Morgan fingerprint density at radius 3 is 2.68 bits per heavy atom. The van der Waals surface area contributed by atoms with E-state index in [1.54, 1.807) is 6.92 Å². The Bertz CT molecular complexity index is 580. The van der Waals surface area contributed by atoms with Crippen LogP contribution in [0.25, 0.3) is 0 Å². The van der Waals surface area contributed by atoms with Gasteiger partial charge in [-0.05, 0) is 51.7 Å². The second-order valence-corrected chi connectivity index (χ2v) is 8.67. The van der Waals surface area contributed by atoms with Gasteiger partial charge in [0.2, 0.25) is 0 Å². The van der Waals surface area contributed by atoms with E-state index in [-0.39, 0.29) is 17.1 Å². The number of hydrogen-bond acceptors (Lipinski definition) is 3. The average Bonchev–Trinajstić information content (AvgIpc) is 2.77. The Kier molecular flexibility index (Phi) is 5.07. The third kappa shape index (κ3) is 3.58. The summed E-state index contributed by atoms with van der Waals surface area (Å²) in [4.78, 5) is 12.1. The fourth-order valence-electron chi connectivity index (χ4n) is 2.80. The molecule has 1 aromatic carbocycles. The van der Waals surface area contributed by atoms with E-state index in [0.717, 1.165) is 18.4 Å². The summed E-state index contributed by atoms with van der Waals surface area (Å²) in [7, 11) is -1.25. The molecule has 0 aliphatic heterocycles. The maximum Gasteiger partial charge on any atom is 0.308 e. The van der Waals surface area contributed by atoms with Crippen LogP contribution >= 0.6 is 0 Å². The molecule has 0 aromatic heterocycles. The van der Waals surface area contributed by atoms with Crippen LogP contribution < -0.4 is 4.72 Å². The number of ether oxygens (including phenoxy) is 1. The van der Waals surface area contributed by atoms with Crippen LogP contribution in [0.4, 0.5) is 0 Å². The van der Waals surface area contributed by atoms with E-state index < -0.39 is 16.5 Å². The Labute approximate surface area is 135 Å². The monoisotopic (exact) mass is 323 g/mol. The van der Waals surface area contributed by atoms with E-state index in [1.165, 1.54) is 5.56 Å². The Hall–Kier alpha value is -1.20. The molecule has 122 valence electrons. The van der Waals surface area contributed by atoms with Gasteiger partial charge in [-0.15, -0.1) is 0 Å². The highest BCUT2D eigenvalue weighted by atomic mass is 32.2. The molecule has 0 amide bonds. The summed E-state index contributed by atoms with van der Waals surface area (Å²) in [6, 6.07) is 8.06. The molecule has 5 heteroatoms. The SMILES string of the molecule is CCOC(=O)CC1(NS(=O)C(C)(C)C)CCc2ccccc21. The molecule has 0 heterocycles. The zero-order valence-electron chi connectivity index (χ0n) is 13.8. The molecule has 2 atom stereocenters. The number of esters is 1. The molecule has 1 aliphatic rings.